The van der Waals surface area contributed by atoms with E-state index in [9.17, 15) is 14.4 Å². The minimum atomic E-state index is -0.345. The van der Waals surface area contributed by atoms with Crippen molar-refractivity contribution in [3.63, 3.8) is 0 Å². The Kier molecular flexibility index (Phi) is 8.07. The van der Waals surface area contributed by atoms with E-state index in [1.165, 1.54) is 25.0 Å². The maximum atomic E-state index is 13.5. The number of nitrogens with one attached hydrogen (secondary N) is 1. The van der Waals surface area contributed by atoms with Crippen molar-refractivity contribution >= 4 is 28.4 Å². The number of carbonyl (C=O) groups is 1. The van der Waals surface area contributed by atoms with Crippen LogP contribution >= 0.6 is 11.6 Å². The number of nitrogens with zero attached hydrogens (tertiary/aromatic N) is 3. The van der Waals surface area contributed by atoms with E-state index in [2.05, 4.69) is 27.0 Å². The summed E-state index contributed by atoms with van der Waals surface area (Å²) in [7, 11) is 0. The number of aromatic nitrogens is 1. The Morgan fingerprint density at radius 1 is 1.03 bits per heavy atom. The number of fused-ring (bicyclic) bond motifs is 1. The van der Waals surface area contributed by atoms with Gasteiger partial charge < -0.3 is 14.8 Å². The fourth-order valence-electron chi connectivity index (χ4n) is 5.38. The summed E-state index contributed by atoms with van der Waals surface area (Å²) in [4.78, 5) is 15.6. The third kappa shape index (κ3) is 5.75. The first kappa shape index (κ1) is 26.0. The Bertz CT molecular complexity index is 1470. The molecule has 5 rings (SSSR count). The lowest BCUT2D eigenvalue weighted by Crippen LogP contribution is -2.34. The molecule has 0 unspecified atom stereocenters. The molecule has 2 heterocycles. The Morgan fingerprint density at radius 3 is 2.55 bits per heavy atom. The first-order chi connectivity index (χ1) is 18.5. The van der Waals surface area contributed by atoms with Crippen molar-refractivity contribution in [1.29, 1.82) is 5.26 Å². The van der Waals surface area contributed by atoms with Crippen LogP contribution in [0.2, 0.25) is 5.02 Å². The maximum Gasteiger partial charge on any atom is 0.220 e. The highest BCUT2D eigenvalue weighted by atomic mass is 35.5. The molecule has 38 heavy (non-hydrogen) atoms. The Labute approximate surface area is 227 Å². The van der Waals surface area contributed by atoms with E-state index >= 15 is 0 Å². The van der Waals surface area contributed by atoms with Gasteiger partial charge in [-0.05, 0) is 66.9 Å². The van der Waals surface area contributed by atoms with Crippen LogP contribution in [0.4, 0.5) is 4.39 Å². The molecule has 1 N–H and O–H groups in total. The van der Waals surface area contributed by atoms with Crippen molar-refractivity contribution in [1.82, 2.24) is 14.8 Å². The number of halogens is 2. The van der Waals surface area contributed by atoms with Crippen LogP contribution < -0.4 is 5.32 Å². The van der Waals surface area contributed by atoms with Crippen molar-refractivity contribution in [2.24, 2.45) is 0 Å². The fourth-order valence-corrected chi connectivity index (χ4v) is 5.68. The monoisotopic (exact) mass is 528 g/mol. The second-order valence-corrected chi connectivity index (χ2v) is 10.2. The highest BCUT2D eigenvalue weighted by Crippen LogP contribution is 2.39. The molecule has 1 aliphatic heterocycles. The highest BCUT2D eigenvalue weighted by Gasteiger charge is 2.26. The summed E-state index contributed by atoms with van der Waals surface area (Å²) in [6, 6.07) is 22.1. The van der Waals surface area contributed by atoms with Gasteiger partial charge in [0.05, 0.1) is 10.6 Å². The number of likely N-dealkylation sites (tertiary alicyclic amines) is 1. The first-order valence-corrected chi connectivity index (χ1v) is 13.4. The molecule has 0 radical (unpaired) electrons. The van der Waals surface area contributed by atoms with E-state index in [0.717, 1.165) is 47.2 Å². The van der Waals surface area contributed by atoms with Gasteiger partial charge in [0, 0.05) is 49.1 Å². The summed E-state index contributed by atoms with van der Waals surface area (Å²) in [6.07, 6.45) is 4.70. The quantitative estimate of drug-likeness (QED) is 0.286. The molecule has 3 aromatic carbocycles. The lowest BCUT2D eigenvalue weighted by Gasteiger charge is -2.20. The molecule has 1 atom stereocenters. The van der Waals surface area contributed by atoms with Crippen LogP contribution in [0, 0.1) is 17.1 Å². The molecule has 5 nitrogen and oxygen atoms in total. The number of para-hydroxylation sites is 1. The minimum Gasteiger partial charge on any atom is -0.355 e. The summed E-state index contributed by atoms with van der Waals surface area (Å²) >= 11 is 6.73. The van der Waals surface area contributed by atoms with Crippen LogP contribution in [0.5, 0.6) is 0 Å². The Balaban J connectivity index is 1.49. The van der Waals surface area contributed by atoms with Gasteiger partial charge in [-0.25, -0.2) is 4.39 Å². The molecule has 1 aromatic heterocycles. The van der Waals surface area contributed by atoms with Gasteiger partial charge >= 0.3 is 0 Å². The molecule has 1 fully saturated rings. The van der Waals surface area contributed by atoms with E-state index in [0.29, 0.717) is 23.7 Å². The third-order valence-corrected chi connectivity index (χ3v) is 7.75. The van der Waals surface area contributed by atoms with Crippen LogP contribution in [-0.2, 0) is 11.3 Å². The number of rotatable bonds is 9. The maximum absolute atomic E-state index is 13.5. The second kappa shape index (κ2) is 11.8. The van der Waals surface area contributed by atoms with Crippen LogP contribution in [0.3, 0.4) is 0 Å². The molecule has 194 valence electrons. The average molecular weight is 529 g/mol. The van der Waals surface area contributed by atoms with E-state index in [4.69, 9.17) is 11.6 Å². The summed E-state index contributed by atoms with van der Waals surface area (Å²) < 4.78 is 15.6. The molecule has 1 amide bonds. The predicted molar refractivity (Wildman–Crippen MR) is 149 cm³/mol. The number of amides is 1. The van der Waals surface area contributed by atoms with Gasteiger partial charge in [-0.15, -0.1) is 0 Å². The van der Waals surface area contributed by atoms with Gasteiger partial charge in [-0.3, -0.25) is 4.79 Å². The number of carbonyl (C=O) groups excluding carboxylic acids is 1. The zero-order valence-corrected chi connectivity index (χ0v) is 21.9. The molecule has 0 bridgehead atoms. The number of hydrogen-bond acceptors (Lipinski definition) is 3. The molecule has 1 aliphatic rings. The van der Waals surface area contributed by atoms with Crippen molar-refractivity contribution in [2.45, 2.75) is 31.7 Å². The van der Waals surface area contributed by atoms with Crippen molar-refractivity contribution in [3.05, 3.63) is 106 Å². The molecule has 4 aromatic rings. The standard InChI is InChI=1S/C31H30ClFN4O/c32-31-23(19-34)6-5-8-26(31)27(18-30(38)35-14-17-36-15-3-4-16-36)28-21-37(29-9-2-1-7-25(28)29)20-22-10-12-24(33)13-11-22/h1-2,5-13,21,27H,3-4,14-18,20H2,(H,35,38)/t27-/m1/s1. The van der Waals surface area contributed by atoms with Gasteiger partial charge in [0.15, 0.2) is 0 Å². The van der Waals surface area contributed by atoms with Crippen molar-refractivity contribution < 1.29 is 9.18 Å². The zero-order valence-electron chi connectivity index (χ0n) is 21.2. The SMILES string of the molecule is N#Cc1cccc([C@@H](CC(=O)NCCN2CCCC2)c2cn(Cc3ccc(F)cc3)c3ccccc23)c1Cl. The van der Waals surface area contributed by atoms with Crippen LogP contribution in [0.1, 0.15) is 47.4 Å². The van der Waals surface area contributed by atoms with E-state index in [1.807, 2.05) is 36.4 Å². The number of hydrogen-bond donors (Lipinski definition) is 1. The van der Waals surface area contributed by atoms with Crippen molar-refractivity contribution in [2.75, 3.05) is 26.2 Å². The van der Waals surface area contributed by atoms with Gasteiger partial charge in [-0.2, -0.15) is 5.26 Å². The summed E-state index contributed by atoms with van der Waals surface area (Å²) in [5.74, 6) is -0.667. The molecule has 1 saturated heterocycles. The van der Waals surface area contributed by atoms with Crippen molar-refractivity contribution in [3.8, 4) is 6.07 Å². The first-order valence-electron chi connectivity index (χ1n) is 13.0. The molecule has 0 saturated carbocycles. The van der Waals surface area contributed by atoms with Crippen LogP contribution in [0.25, 0.3) is 10.9 Å². The fraction of sp³-hybridized carbons (Fsp3) is 0.290. The van der Waals surface area contributed by atoms with E-state index in [1.54, 1.807) is 18.2 Å². The summed E-state index contributed by atoms with van der Waals surface area (Å²) in [5.41, 5.74) is 4.09. The Morgan fingerprint density at radius 2 is 1.79 bits per heavy atom. The van der Waals surface area contributed by atoms with E-state index in [-0.39, 0.29) is 24.1 Å². The van der Waals surface area contributed by atoms with Gasteiger partial charge in [0.2, 0.25) is 5.91 Å². The minimum absolute atomic E-state index is 0.0528. The van der Waals surface area contributed by atoms with Gasteiger partial charge in [0.1, 0.15) is 11.9 Å². The van der Waals surface area contributed by atoms with E-state index < -0.39 is 0 Å². The second-order valence-electron chi connectivity index (χ2n) is 9.83. The Hall–Kier alpha value is -3.66. The van der Waals surface area contributed by atoms with Gasteiger partial charge in [-0.1, -0.05) is 54.1 Å². The summed E-state index contributed by atoms with van der Waals surface area (Å²) in [6.45, 7) is 4.18. The molecule has 0 spiro atoms. The highest BCUT2D eigenvalue weighted by molar-refractivity contribution is 6.32. The molecule has 0 aliphatic carbocycles. The number of benzene rings is 3. The lowest BCUT2D eigenvalue weighted by atomic mass is 9.87. The predicted octanol–water partition coefficient (Wildman–Crippen LogP) is 6.09. The summed E-state index contributed by atoms with van der Waals surface area (Å²) in [5, 5.41) is 14.1. The van der Waals surface area contributed by atoms with Crippen LogP contribution in [-0.4, -0.2) is 41.6 Å². The topological polar surface area (TPSA) is 61.1 Å². The normalized spacial score (nSPS) is 14.4. The molecule has 7 heteroatoms. The molecular weight excluding hydrogens is 499 g/mol. The third-order valence-electron chi connectivity index (χ3n) is 7.32. The lowest BCUT2D eigenvalue weighted by molar-refractivity contribution is -0.121. The largest absolute Gasteiger partial charge is 0.355 e. The number of nitriles is 1. The van der Waals surface area contributed by atoms with Gasteiger partial charge in [0.25, 0.3) is 0 Å². The average Bonchev–Trinajstić information content (AvgIpc) is 3.57. The van der Waals surface area contributed by atoms with Crippen LogP contribution in [0.15, 0.2) is 72.9 Å². The molecular formula is C31H30ClFN4O. The smallest absolute Gasteiger partial charge is 0.220 e. The zero-order chi connectivity index (χ0) is 26.5.